The highest BCUT2D eigenvalue weighted by molar-refractivity contribution is 6.03. The van der Waals surface area contributed by atoms with E-state index >= 15 is 0 Å². The lowest BCUT2D eigenvalue weighted by atomic mass is 10.0. The summed E-state index contributed by atoms with van der Waals surface area (Å²) in [4.78, 5) is 24.1. The highest BCUT2D eigenvalue weighted by Crippen LogP contribution is 2.34. The van der Waals surface area contributed by atoms with Gasteiger partial charge in [-0.05, 0) is 42.8 Å². The number of methoxy groups -OCH3 is 1. The molecule has 1 aliphatic heterocycles. The third-order valence-electron chi connectivity index (χ3n) is 5.10. The fraction of sp³-hybridized carbons (Fsp3) is 0.208. The van der Waals surface area contributed by atoms with Crippen molar-refractivity contribution in [3.05, 3.63) is 83.3 Å². The lowest BCUT2D eigenvalue weighted by molar-refractivity contribution is -0.135. The molecule has 0 spiro atoms. The van der Waals surface area contributed by atoms with Gasteiger partial charge in [0.25, 0.3) is 5.91 Å². The van der Waals surface area contributed by atoms with E-state index in [1.54, 1.807) is 24.5 Å². The van der Waals surface area contributed by atoms with Gasteiger partial charge in [0, 0.05) is 12.0 Å². The average molecular weight is 418 g/mol. The Hall–Kier alpha value is -3.87. The van der Waals surface area contributed by atoms with E-state index in [0.29, 0.717) is 35.5 Å². The van der Waals surface area contributed by atoms with E-state index in [4.69, 9.17) is 13.9 Å². The van der Waals surface area contributed by atoms with Crippen molar-refractivity contribution in [2.75, 3.05) is 13.7 Å². The van der Waals surface area contributed by atoms with E-state index in [-0.39, 0.29) is 18.6 Å². The number of nitrogens with zero attached hydrogens (tertiary/aromatic N) is 2. The molecule has 0 aliphatic carbocycles. The lowest BCUT2D eigenvalue weighted by Gasteiger charge is -2.20. The Morgan fingerprint density at radius 3 is 2.68 bits per heavy atom. The van der Waals surface area contributed by atoms with E-state index in [0.717, 1.165) is 16.8 Å². The molecule has 0 N–H and O–H groups in total. The zero-order chi connectivity index (χ0) is 21.8. The summed E-state index contributed by atoms with van der Waals surface area (Å²) < 4.78 is 16.5. The van der Waals surface area contributed by atoms with Gasteiger partial charge in [0.2, 0.25) is 0 Å². The Morgan fingerprint density at radius 2 is 2.00 bits per heavy atom. The summed E-state index contributed by atoms with van der Waals surface area (Å²) in [5.74, 6) is 1.07. The van der Waals surface area contributed by atoms with Crippen molar-refractivity contribution in [2.45, 2.75) is 19.4 Å². The maximum atomic E-state index is 13.1. The van der Waals surface area contributed by atoms with Gasteiger partial charge in [-0.2, -0.15) is 5.10 Å². The van der Waals surface area contributed by atoms with Crippen LogP contribution in [0.15, 0.2) is 70.4 Å². The fourth-order valence-corrected chi connectivity index (χ4v) is 3.45. The van der Waals surface area contributed by atoms with Gasteiger partial charge in [-0.15, -0.1) is 0 Å². The first kappa shape index (κ1) is 20.4. The first-order valence-corrected chi connectivity index (χ1v) is 9.85. The molecule has 7 nitrogen and oxygen atoms in total. The standard InChI is InChI=1S/C24H22N2O5/c1-16-5-8-18(9-6-16)19-13-20(21-4-3-11-30-21)26(25-19)24(28)15-31-23-12-17(14-27)7-10-22(23)29-2/h3-12,14,20H,13,15H2,1-2H3/t20-/m0/s1. The van der Waals surface area contributed by atoms with Gasteiger partial charge < -0.3 is 13.9 Å². The summed E-state index contributed by atoms with van der Waals surface area (Å²) in [5.41, 5.74) is 3.34. The minimum absolute atomic E-state index is 0.263. The smallest absolute Gasteiger partial charge is 0.281 e. The first-order valence-electron chi connectivity index (χ1n) is 9.85. The zero-order valence-corrected chi connectivity index (χ0v) is 17.3. The highest BCUT2D eigenvalue weighted by Gasteiger charge is 2.35. The van der Waals surface area contributed by atoms with Crippen LogP contribution in [-0.4, -0.2) is 36.6 Å². The van der Waals surface area contributed by atoms with Gasteiger partial charge in [-0.1, -0.05) is 29.8 Å². The quantitative estimate of drug-likeness (QED) is 0.538. The van der Waals surface area contributed by atoms with Crippen LogP contribution in [0.1, 0.15) is 39.7 Å². The Kier molecular flexibility index (Phi) is 5.84. The molecule has 1 atom stereocenters. The van der Waals surface area contributed by atoms with Crippen LogP contribution >= 0.6 is 0 Å². The number of ether oxygens (including phenoxy) is 2. The Bertz CT molecular complexity index is 1100. The predicted octanol–water partition coefficient (Wildman–Crippen LogP) is 4.17. The summed E-state index contributed by atoms with van der Waals surface area (Å²) in [5, 5.41) is 5.99. The first-order chi connectivity index (χ1) is 15.1. The van der Waals surface area contributed by atoms with E-state index in [9.17, 15) is 9.59 Å². The number of aryl methyl sites for hydroxylation is 1. The van der Waals surface area contributed by atoms with Gasteiger partial charge >= 0.3 is 0 Å². The van der Waals surface area contributed by atoms with Crippen molar-refractivity contribution in [2.24, 2.45) is 5.10 Å². The predicted molar refractivity (Wildman–Crippen MR) is 115 cm³/mol. The summed E-state index contributed by atoms with van der Waals surface area (Å²) in [6, 6.07) is 16.1. The number of carbonyl (C=O) groups is 2. The molecule has 3 aromatic rings. The normalized spacial score (nSPS) is 15.5. The van der Waals surface area contributed by atoms with Crippen LogP contribution in [0.2, 0.25) is 0 Å². The Labute approximate surface area is 179 Å². The van der Waals surface area contributed by atoms with Crippen LogP contribution in [0.3, 0.4) is 0 Å². The number of amides is 1. The monoisotopic (exact) mass is 418 g/mol. The minimum Gasteiger partial charge on any atom is -0.493 e. The molecule has 0 saturated heterocycles. The SMILES string of the molecule is COc1ccc(C=O)cc1OCC(=O)N1N=C(c2ccc(C)cc2)C[C@H]1c1ccco1. The topological polar surface area (TPSA) is 81.3 Å². The second-order valence-electron chi connectivity index (χ2n) is 7.20. The van der Waals surface area contributed by atoms with Crippen LogP contribution in [0.5, 0.6) is 11.5 Å². The van der Waals surface area contributed by atoms with Crippen molar-refractivity contribution in [1.82, 2.24) is 5.01 Å². The number of hydrogen-bond donors (Lipinski definition) is 0. The van der Waals surface area contributed by atoms with Gasteiger partial charge in [0.05, 0.1) is 19.1 Å². The van der Waals surface area contributed by atoms with Crippen LogP contribution < -0.4 is 9.47 Å². The molecule has 158 valence electrons. The molecule has 2 heterocycles. The van der Waals surface area contributed by atoms with Gasteiger partial charge in [-0.3, -0.25) is 9.59 Å². The Morgan fingerprint density at radius 1 is 1.19 bits per heavy atom. The van der Waals surface area contributed by atoms with Crippen molar-refractivity contribution >= 4 is 17.9 Å². The van der Waals surface area contributed by atoms with Crippen molar-refractivity contribution in [3.63, 3.8) is 0 Å². The zero-order valence-electron chi connectivity index (χ0n) is 17.3. The van der Waals surface area contributed by atoms with Crippen LogP contribution in [0, 0.1) is 6.92 Å². The molecular weight excluding hydrogens is 396 g/mol. The van der Waals surface area contributed by atoms with E-state index < -0.39 is 0 Å². The van der Waals surface area contributed by atoms with Crippen LogP contribution in [0.25, 0.3) is 0 Å². The molecule has 0 bridgehead atoms. The maximum absolute atomic E-state index is 13.1. The summed E-state index contributed by atoms with van der Waals surface area (Å²) in [7, 11) is 1.50. The fourth-order valence-electron chi connectivity index (χ4n) is 3.45. The molecule has 1 amide bonds. The molecule has 0 fully saturated rings. The van der Waals surface area contributed by atoms with E-state index in [2.05, 4.69) is 5.10 Å². The summed E-state index contributed by atoms with van der Waals surface area (Å²) in [6.07, 6.45) is 2.82. The number of rotatable bonds is 7. The molecule has 0 radical (unpaired) electrons. The summed E-state index contributed by atoms with van der Waals surface area (Å²) >= 11 is 0. The van der Waals surface area contributed by atoms with Crippen LogP contribution in [-0.2, 0) is 4.79 Å². The number of furan rings is 1. The molecular formula is C24H22N2O5. The van der Waals surface area contributed by atoms with Crippen molar-refractivity contribution < 1.29 is 23.5 Å². The maximum Gasteiger partial charge on any atom is 0.281 e. The molecule has 31 heavy (non-hydrogen) atoms. The number of carbonyl (C=O) groups excluding carboxylic acids is 2. The highest BCUT2D eigenvalue weighted by atomic mass is 16.5. The molecule has 4 rings (SSSR count). The Balaban J connectivity index is 1.56. The number of aldehydes is 1. The van der Waals surface area contributed by atoms with Gasteiger partial charge in [0.1, 0.15) is 18.1 Å². The van der Waals surface area contributed by atoms with Crippen LogP contribution in [0.4, 0.5) is 0 Å². The molecule has 7 heteroatoms. The summed E-state index contributed by atoms with van der Waals surface area (Å²) in [6.45, 7) is 1.76. The molecule has 0 saturated carbocycles. The number of hydrogen-bond acceptors (Lipinski definition) is 6. The van der Waals surface area contributed by atoms with E-state index in [1.165, 1.54) is 18.2 Å². The number of benzene rings is 2. The number of hydrazone groups is 1. The molecule has 1 aliphatic rings. The second kappa shape index (κ2) is 8.87. The average Bonchev–Trinajstić information content (AvgIpc) is 3.47. The lowest BCUT2D eigenvalue weighted by Crippen LogP contribution is -2.31. The van der Waals surface area contributed by atoms with Crippen molar-refractivity contribution in [1.29, 1.82) is 0 Å². The minimum atomic E-state index is -0.356. The molecule has 1 aromatic heterocycles. The third kappa shape index (κ3) is 4.35. The molecule has 0 unspecified atom stereocenters. The molecule has 2 aromatic carbocycles. The third-order valence-corrected chi connectivity index (χ3v) is 5.10. The van der Waals surface area contributed by atoms with Crippen molar-refractivity contribution in [3.8, 4) is 11.5 Å². The van der Waals surface area contributed by atoms with Gasteiger partial charge in [-0.25, -0.2) is 5.01 Å². The second-order valence-corrected chi connectivity index (χ2v) is 7.20. The largest absolute Gasteiger partial charge is 0.493 e. The van der Waals surface area contributed by atoms with Gasteiger partial charge in [0.15, 0.2) is 18.1 Å². The van der Waals surface area contributed by atoms with E-state index in [1.807, 2.05) is 37.3 Å².